The first-order valence-electron chi connectivity index (χ1n) is 9.49. The number of fused-ring (bicyclic) bond motifs is 3. The zero-order valence-electron chi connectivity index (χ0n) is 14.4. The summed E-state index contributed by atoms with van der Waals surface area (Å²) in [7, 11) is 0. The maximum Gasteiger partial charge on any atom is 0.315 e. The van der Waals surface area contributed by atoms with E-state index < -0.39 is 0 Å². The van der Waals surface area contributed by atoms with Crippen LogP contribution in [0.25, 0.3) is 10.9 Å². The van der Waals surface area contributed by atoms with Crippen molar-refractivity contribution in [2.75, 3.05) is 13.2 Å². The van der Waals surface area contributed by atoms with Crippen LogP contribution < -0.4 is 10.6 Å². The fourth-order valence-electron chi connectivity index (χ4n) is 5.23. The van der Waals surface area contributed by atoms with E-state index in [0.717, 1.165) is 30.7 Å². The quantitative estimate of drug-likeness (QED) is 0.802. The molecule has 5 rings (SSSR count). The summed E-state index contributed by atoms with van der Waals surface area (Å²) < 4.78 is 5.91. The lowest BCUT2D eigenvalue weighted by atomic mass is 9.46. The fourth-order valence-corrected chi connectivity index (χ4v) is 5.23. The van der Waals surface area contributed by atoms with Crippen LogP contribution in [-0.2, 0) is 11.2 Å². The van der Waals surface area contributed by atoms with Gasteiger partial charge in [0.05, 0.1) is 6.10 Å². The largest absolute Gasteiger partial charge is 0.377 e. The van der Waals surface area contributed by atoms with Crippen LogP contribution in [0, 0.1) is 11.3 Å². The lowest BCUT2D eigenvalue weighted by molar-refractivity contribution is -0.172. The SMILES string of the molecule is O=C(NCCc1cc2ccccc2[nH]1)N[C@@H]1[C@@H]2CCO[C@@H]2C12CCC2. The average Bonchev–Trinajstić information content (AvgIpc) is 3.16. The minimum atomic E-state index is -0.0299. The zero-order chi connectivity index (χ0) is 16.9. The van der Waals surface area contributed by atoms with E-state index in [1.54, 1.807) is 0 Å². The highest BCUT2D eigenvalue weighted by atomic mass is 16.5. The Morgan fingerprint density at radius 2 is 2.20 bits per heavy atom. The van der Waals surface area contributed by atoms with Crippen LogP contribution in [0.1, 0.15) is 31.4 Å². The van der Waals surface area contributed by atoms with Gasteiger partial charge >= 0.3 is 6.03 Å². The standard InChI is InChI=1S/C20H25N3O2/c24-19(21-10-6-14-12-13-4-1-2-5-16(13)22-14)23-17-15-7-11-25-18(15)20(17)8-3-9-20/h1-2,4-5,12,15,17-18,22H,3,6-11H2,(H2,21,23,24)/t15-,17+,18-/m0/s1. The minimum absolute atomic E-state index is 0.0299. The Balaban J connectivity index is 1.15. The average molecular weight is 339 g/mol. The fraction of sp³-hybridized carbons (Fsp3) is 0.550. The second-order valence-electron chi connectivity index (χ2n) is 7.84. The molecule has 1 spiro atoms. The molecule has 0 bridgehead atoms. The Morgan fingerprint density at radius 1 is 1.32 bits per heavy atom. The number of urea groups is 1. The molecule has 1 aliphatic heterocycles. The molecule has 1 saturated heterocycles. The molecule has 0 unspecified atom stereocenters. The maximum atomic E-state index is 12.4. The molecule has 2 aromatic rings. The third-order valence-corrected chi connectivity index (χ3v) is 6.59. The van der Waals surface area contributed by atoms with Gasteiger partial charge in [-0.25, -0.2) is 4.79 Å². The smallest absolute Gasteiger partial charge is 0.315 e. The Kier molecular flexibility index (Phi) is 3.52. The van der Waals surface area contributed by atoms with E-state index in [1.165, 1.54) is 24.6 Å². The predicted molar refractivity (Wildman–Crippen MR) is 96.5 cm³/mol. The van der Waals surface area contributed by atoms with Crippen molar-refractivity contribution >= 4 is 16.9 Å². The summed E-state index contributed by atoms with van der Waals surface area (Å²) in [5.41, 5.74) is 2.55. The van der Waals surface area contributed by atoms with Gasteiger partial charge in [-0.15, -0.1) is 0 Å². The van der Waals surface area contributed by atoms with Gasteiger partial charge in [0.25, 0.3) is 0 Å². The van der Waals surface area contributed by atoms with Crippen LogP contribution >= 0.6 is 0 Å². The van der Waals surface area contributed by atoms with Crippen LogP contribution in [0.3, 0.4) is 0 Å². The molecule has 0 radical (unpaired) electrons. The highest BCUT2D eigenvalue weighted by molar-refractivity contribution is 5.80. The zero-order valence-corrected chi connectivity index (χ0v) is 14.4. The van der Waals surface area contributed by atoms with E-state index in [4.69, 9.17) is 4.74 Å². The molecular weight excluding hydrogens is 314 g/mol. The van der Waals surface area contributed by atoms with Crippen LogP contribution in [-0.4, -0.2) is 36.3 Å². The molecule has 3 N–H and O–H groups in total. The molecule has 2 heterocycles. The first-order valence-corrected chi connectivity index (χ1v) is 9.49. The monoisotopic (exact) mass is 339 g/mol. The molecule has 2 amide bonds. The predicted octanol–water partition coefficient (Wildman–Crippen LogP) is 2.97. The number of para-hydroxylation sites is 1. The summed E-state index contributed by atoms with van der Waals surface area (Å²) in [6, 6.07) is 10.7. The van der Waals surface area contributed by atoms with E-state index in [2.05, 4.69) is 33.8 Å². The summed E-state index contributed by atoms with van der Waals surface area (Å²) in [5, 5.41) is 7.50. The normalized spacial score (nSPS) is 29.0. The number of benzene rings is 1. The summed E-state index contributed by atoms with van der Waals surface area (Å²) in [4.78, 5) is 15.8. The van der Waals surface area contributed by atoms with E-state index >= 15 is 0 Å². The number of carbonyl (C=O) groups excluding carboxylic acids is 1. The van der Waals surface area contributed by atoms with Gasteiger partial charge in [-0.1, -0.05) is 24.6 Å². The second kappa shape index (κ2) is 5.77. The molecule has 2 aliphatic carbocycles. The number of ether oxygens (including phenoxy) is 1. The summed E-state index contributed by atoms with van der Waals surface area (Å²) in [5.74, 6) is 0.528. The molecule has 3 fully saturated rings. The van der Waals surface area contributed by atoms with Crippen molar-refractivity contribution < 1.29 is 9.53 Å². The number of hydrogen-bond donors (Lipinski definition) is 3. The van der Waals surface area contributed by atoms with E-state index in [9.17, 15) is 4.79 Å². The molecule has 5 nitrogen and oxygen atoms in total. The second-order valence-corrected chi connectivity index (χ2v) is 7.84. The first-order chi connectivity index (χ1) is 12.3. The van der Waals surface area contributed by atoms with Gasteiger partial charge in [0.1, 0.15) is 0 Å². The molecule has 3 atom stereocenters. The number of H-pyrrole nitrogens is 1. The van der Waals surface area contributed by atoms with Crippen LogP contribution in [0.15, 0.2) is 30.3 Å². The Hall–Kier alpha value is -2.01. The van der Waals surface area contributed by atoms with E-state index in [0.29, 0.717) is 24.6 Å². The van der Waals surface area contributed by atoms with Crippen molar-refractivity contribution in [3.8, 4) is 0 Å². The number of aromatic amines is 1. The van der Waals surface area contributed by atoms with Crippen molar-refractivity contribution in [3.63, 3.8) is 0 Å². The minimum Gasteiger partial charge on any atom is -0.377 e. The van der Waals surface area contributed by atoms with Crippen LogP contribution in [0.2, 0.25) is 0 Å². The Bertz CT molecular complexity index is 762. The molecule has 1 aromatic heterocycles. The summed E-state index contributed by atoms with van der Waals surface area (Å²) in [6.07, 6.45) is 5.98. The number of hydrogen-bond acceptors (Lipinski definition) is 2. The van der Waals surface area contributed by atoms with Crippen molar-refractivity contribution in [1.29, 1.82) is 0 Å². The molecule has 25 heavy (non-hydrogen) atoms. The molecular formula is C20H25N3O2. The van der Waals surface area contributed by atoms with Crippen LogP contribution in [0.4, 0.5) is 4.79 Å². The van der Waals surface area contributed by atoms with E-state index in [1.807, 2.05) is 12.1 Å². The van der Waals surface area contributed by atoms with Gasteiger partial charge in [0.2, 0.25) is 0 Å². The van der Waals surface area contributed by atoms with Gasteiger partial charge < -0.3 is 20.4 Å². The van der Waals surface area contributed by atoms with Crippen molar-refractivity contribution in [3.05, 3.63) is 36.0 Å². The number of rotatable bonds is 4. The Morgan fingerprint density at radius 3 is 3.00 bits per heavy atom. The van der Waals surface area contributed by atoms with Crippen LogP contribution in [0.5, 0.6) is 0 Å². The van der Waals surface area contributed by atoms with Gasteiger partial charge in [-0.3, -0.25) is 0 Å². The third kappa shape index (κ3) is 2.36. The summed E-state index contributed by atoms with van der Waals surface area (Å²) in [6.45, 7) is 1.50. The first kappa shape index (κ1) is 15.3. The number of carbonyl (C=O) groups is 1. The molecule has 5 heteroatoms. The third-order valence-electron chi connectivity index (χ3n) is 6.59. The molecule has 1 aromatic carbocycles. The van der Waals surface area contributed by atoms with Gasteiger partial charge in [-0.05, 0) is 36.8 Å². The number of nitrogens with one attached hydrogen (secondary N) is 3. The highest BCUT2D eigenvalue weighted by Crippen LogP contribution is 2.62. The Labute approximate surface area is 147 Å². The molecule has 2 saturated carbocycles. The highest BCUT2D eigenvalue weighted by Gasteiger charge is 2.66. The maximum absolute atomic E-state index is 12.4. The number of amides is 2. The van der Waals surface area contributed by atoms with E-state index in [-0.39, 0.29) is 11.4 Å². The topological polar surface area (TPSA) is 66.2 Å². The number of aromatic nitrogens is 1. The van der Waals surface area contributed by atoms with Crippen molar-refractivity contribution in [2.24, 2.45) is 11.3 Å². The molecule has 132 valence electrons. The summed E-state index contributed by atoms with van der Waals surface area (Å²) >= 11 is 0. The lowest BCUT2D eigenvalue weighted by Crippen LogP contribution is -2.72. The van der Waals surface area contributed by atoms with Gasteiger partial charge in [-0.2, -0.15) is 0 Å². The van der Waals surface area contributed by atoms with Gasteiger partial charge in [0, 0.05) is 48.2 Å². The van der Waals surface area contributed by atoms with Crippen molar-refractivity contribution in [2.45, 2.75) is 44.2 Å². The van der Waals surface area contributed by atoms with Crippen molar-refractivity contribution in [1.82, 2.24) is 15.6 Å². The lowest BCUT2D eigenvalue weighted by Gasteiger charge is -2.63. The van der Waals surface area contributed by atoms with Gasteiger partial charge in [0.15, 0.2) is 0 Å². The molecule has 3 aliphatic rings.